The molecule has 45 heavy (non-hydrogen) atoms. The number of nitrogens with zero attached hydrogens (tertiary/aromatic N) is 6. The highest BCUT2D eigenvalue weighted by Gasteiger charge is 2.31. The molecular weight excluding hydrogens is 664 g/mol. The minimum absolute atomic E-state index is 0.204. The number of thioether (sulfide) groups is 1. The summed E-state index contributed by atoms with van der Waals surface area (Å²) < 4.78 is 41.4. The Labute approximate surface area is 275 Å². The van der Waals surface area contributed by atoms with E-state index in [0.29, 0.717) is 64.3 Å². The minimum Gasteiger partial charge on any atom is -0.368 e. The lowest BCUT2D eigenvalue weighted by molar-refractivity contribution is -0.137. The lowest BCUT2D eigenvalue weighted by atomic mass is 10.1. The van der Waals surface area contributed by atoms with E-state index in [-0.39, 0.29) is 5.91 Å². The standard InChI is InChI=1S/C31H25Cl2F3N6OS2/c1-19-9-10-21(32)16-26(19)42-28(23-7-2-3-8-24(23)33)38-39-30(42)45-18-27-37-25(17-44-27)29(43)41-13-11-40(12-14-41)22-6-4-5-20(15-22)31(34,35)36/h2-10,15-17H,11-14,18H2,1H3. The Kier molecular flexibility index (Phi) is 9.10. The van der Waals surface area contributed by atoms with Crippen LogP contribution in [-0.2, 0) is 11.9 Å². The molecule has 3 aromatic carbocycles. The summed E-state index contributed by atoms with van der Waals surface area (Å²) in [6.07, 6.45) is -4.41. The van der Waals surface area contributed by atoms with Gasteiger partial charge in [0, 0.05) is 47.8 Å². The second-order valence-corrected chi connectivity index (χ2v) is 13.0. The SMILES string of the molecule is Cc1ccc(Cl)cc1-n1c(SCc2nc(C(=O)N3CCN(c4cccc(C(F)(F)F)c4)CC3)cs2)nnc1-c1ccccc1Cl. The average Bonchev–Trinajstić information content (AvgIpc) is 3.68. The molecule has 1 aliphatic rings. The molecule has 0 aliphatic carbocycles. The first-order chi connectivity index (χ1) is 21.6. The Morgan fingerprint density at radius 2 is 1.76 bits per heavy atom. The van der Waals surface area contributed by atoms with Crippen LogP contribution in [0, 0.1) is 6.92 Å². The van der Waals surface area contributed by atoms with Crippen LogP contribution in [0.15, 0.2) is 77.3 Å². The molecule has 1 amide bonds. The van der Waals surface area contributed by atoms with E-state index in [1.165, 1.54) is 29.2 Å². The van der Waals surface area contributed by atoms with E-state index in [0.717, 1.165) is 34.0 Å². The van der Waals surface area contributed by atoms with Gasteiger partial charge in [0.25, 0.3) is 5.91 Å². The zero-order chi connectivity index (χ0) is 31.7. The minimum atomic E-state index is -4.41. The molecule has 14 heteroatoms. The van der Waals surface area contributed by atoms with Gasteiger partial charge in [0.1, 0.15) is 10.7 Å². The first kappa shape index (κ1) is 31.4. The van der Waals surface area contributed by atoms with Crippen molar-refractivity contribution in [2.24, 2.45) is 0 Å². The molecule has 1 saturated heterocycles. The number of alkyl halides is 3. The Morgan fingerprint density at radius 3 is 2.51 bits per heavy atom. The van der Waals surface area contributed by atoms with Gasteiger partial charge in [0.05, 0.1) is 22.0 Å². The first-order valence-electron chi connectivity index (χ1n) is 13.8. The number of hydrogen-bond acceptors (Lipinski definition) is 7. The topological polar surface area (TPSA) is 67.2 Å². The van der Waals surface area contributed by atoms with Crippen LogP contribution in [-0.4, -0.2) is 56.7 Å². The number of amides is 1. The van der Waals surface area contributed by atoms with E-state index in [1.54, 1.807) is 22.4 Å². The lowest BCUT2D eigenvalue weighted by Gasteiger charge is -2.36. The second-order valence-electron chi connectivity index (χ2n) is 10.3. The summed E-state index contributed by atoms with van der Waals surface area (Å²) in [5.41, 5.74) is 2.67. The molecule has 0 N–H and O–H groups in total. The predicted octanol–water partition coefficient (Wildman–Crippen LogP) is 8.28. The molecule has 2 aromatic heterocycles. The van der Waals surface area contributed by atoms with Gasteiger partial charge in [0.15, 0.2) is 11.0 Å². The van der Waals surface area contributed by atoms with E-state index in [2.05, 4.69) is 15.2 Å². The number of halogens is 5. The van der Waals surface area contributed by atoms with E-state index in [1.807, 2.05) is 52.8 Å². The summed E-state index contributed by atoms with van der Waals surface area (Å²) in [6, 6.07) is 18.3. The molecule has 232 valence electrons. The smallest absolute Gasteiger partial charge is 0.368 e. The van der Waals surface area contributed by atoms with Gasteiger partial charge in [-0.15, -0.1) is 21.5 Å². The van der Waals surface area contributed by atoms with Crippen molar-refractivity contribution in [1.29, 1.82) is 0 Å². The molecule has 0 unspecified atom stereocenters. The fourth-order valence-corrected chi connectivity index (χ4v) is 7.15. The quantitative estimate of drug-likeness (QED) is 0.160. The zero-order valence-electron chi connectivity index (χ0n) is 23.8. The van der Waals surface area contributed by atoms with Gasteiger partial charge >= 0.3 is 6.18 Å². The van der Waals surface area contributed by atoms with Gasteiger partial charge in [-0.05, 0) is 55.0 Å². The van der Waals surface area contributed by atoms with Gasteiger partial charge in [0.2, 0.25) is 0 Å². The van der Waals surface area contributed by atoms with Crippen molar-refractivity contribution >= 4 is 57.9 Å². The molecule has 0 radical (unpaired) electrons. The van der Waals surface area contributed by atoms with Gasteiger partial charge in [-0.2, -0.15) is 13.2 Å². The van der Waals surface area contributed by atoms with Gasteiger partial charge in [-0.3, -0.25) is 9.36 Å². The number of carbonyl (C=O) groups is 1. The number of rotatable bonds is 7. The summed E-state index contributed by atoms with van der Waals surface area (Å²) in [6.45, 7) is 3.58. The second kappa shape index (κ2) is 13.0. The van der Waals surface area contributed by atoms with Crippen LogP contribution in [0.25, 0.3) is 17.1 Å². The van der Waals surface area contributed by atoms with Crippen LogP contribution < -0.4 is 4.90 Å². The van der Waals surface area contributed by atoms with Crippen molar-refractivity contribution in [3.05, 3.63) is 104 Å². The Balaban J connectivity index is 1.15. The number of anilines is 1. The van der Waals surface area contributed by atoms with Gasteiger partial charge in [-0.25, -0.2) is 4.98 Å². The molecule has 1 aliphatic heterocycles. The van der Waals surface area contributed by atoms with E-state index in [4.69, 9.17) is 23.2 Å². The monoisotopic (exact) mass is 688 g/mol. The number of benzene rings is 3. The summed E-state index contributed by atoms with van der Waals surface area (Å²) in [5, 5.41) is 13.1. The molecule has 3 heterocycles. The largest absolute Gasteiger partial charge is 0.416 e. The molecule has 0 saturated carbocycles. The maximum absolute atomic E-state index is 13.3. The molecule has 0 spiro atoms. The average molecular weight is 690 g/mol. The van der Waals surface area contributed by atoms with Crippen LogP contribution in [0.3, 0.4) is 0 Å². The highest BCUT2D eigenvalue weighted by Crippen LogP contribution is 2.35. The van der Waals surface area contributed by atoms with E-state index in [9.17, 15) is 18.0 Å². The number of aryl methyl sites for hydroxylation is 1. The maximum Gasteiger partial charge on any atom is 0.416 e. The van der Waals surface area contributed by atoms with Crippen LogP contribution >= 0.6 is 46.3 Å². The predicted molar refractivity (Wildman–Crippen MR) is 173 cm³/mol. The number of aromatic nitrogens is 4. The van der Waals surface area contributed by atoms with Gasteiger partial charge in [-0.1, -0.05) is 59.2 Å². The zero-order valence-corrected chi connectivity index (χ0v) is 26.9. The number of thiazole rings is 1. The number of piperazine rings is 1. The van der Waals surface area contributed by atoms with Crippen molar-refractivity contribution in [2.45, 2.75) is 24.0 Å². The summed E-state index contributed by atoms with van der Waals surface area (Å²) >= 11 is 15.7. The molecule has 7 nitrogen and oxygen atoms in total. The van der Waals surface area contributed by atoms with Crippen LogP contribution in [0.1, 0.15) is 26.6 Å². The normalized spacial score (nSPS) is 13.8. The molecule has 6 rings (SSSR count). The van der Waals surface area contributed by atoms with Crippen molar-refractivity contribution in [3.63, 3.8) is 0 Å². The van der Waals surface area contributed by atoms with E-state index < -0.39 is 11.7 Å². The van der Waals surface area contributed by atoms with Crippen molar-refractivity contribution in [3.8, 4) is 17.1 Å². The third-order valence-electron chi connectivity index (χ3n) is 7.36. The third-order valence-corrected chi connectivity index (χ3v) is 9.90. The molecular formula is C31H25Cl2F3N6OS2. The molecule has 0 bridgehead atoms. The van der Waals surface area contributed by atoms with Crippen molar-refractivity contribution < 1.29 is 18.0 Å². The Hall–Kier alpha value is -3.58. The summed E-state index contributed by atoms with van der Waals surface area (Å²) in [5.74, 6) is 0.819. The third kappa shape index (κ3) is 6.84. The molecule has 5 aromatic rings. The van der Waals surface area contributed by atoms with Crippen LogP contribution in [0.5, 0.6) is 0 Å². The molecule has 0 atom stereocenters. The fourth-order valence-electron chi connectivity index (χ4n) is 5.03. The van der Waals surface area contributed by atoms with Crippen molar-refractivity contribution in [2.75, 3.05) is 31.1 Å². The molecule has 1 fully saturated rings. The highest BCUT2D eigenvalue weighted by molar-refractivity contribution is 7.98. The summed E-state index contributed by atoms with van der Waals surface area (Å²) in [4.78, 5) is 21.4. The van der Waals surface area contributed by atoms with Crippen LogP contribution in [0.4, 0.5) is 18.9 Å². The lowest BCUT2D eigenvalue weighted by Crippen LogP contribution is -2.49. The van der Waals surface area contributed by atoms with Crippen molar-refractivity contribution in [1.82, 2.24) is 24.6 Å². The van der Waals surface area contributed by atoms with Gasteiger partial charge < -0.3 is 9.80 Å². The van der Waals surface area contributed by atoms with Crippen LogP contribution in [0.2, 0.25) is 10.0 Å². The van der Waals surface area contributed by atoms with E-state index >= 15 is 0 Å². The maximum atomic E-state index is 13.3. The first-order valence-corrected chi connectivity index (χ1v) is 16.5. The Morgan fingerprint density at radius 1 is 0.978 bits per heavy atom. The Bertz CT molecular complexity index is 1850. The number of hydrogen-bond donors (Lipinski definition) is 0. The highest BCUT2D eigenvalue weighted by atomic mass is 35.5. The fraction of sp³-hybridized carbons (Fsp3) is 0.226. The summed E-state index contributed by atoms with van der Waals surface area (Å²) in [7, 11) is 0. The number of carbonyl (C=O) groups excluding carboxylic acids is 1.